The van der Waals surface area contributed by atoms with E-state index in [0.717, 1.165) is 17.9 Å². The van der Waals surface area contributed by atoms with Gasteiger partial charge in [0, 0.05) is 24.5 Å². The molecule has 2 heterocycles. The molecule has 2 N–H and O–H groups in total. The Hall–Kier alpha value is -2.93. The van der Waals surface area contributed by atoms with E-state index in [4.69, 9.17) is 4.42 Å². The second-order valence-electron chi connectivity index (χ2n) is 7.24. The molecule has 1 aliphatic rings. The summed E-state index contributed by atoms with van der Waals surface area (Å²) in [4.78, 5) is 21.0. The van der Waals surface area contributed by atoms with Crippen molar-refractivity contribution in [3.8, 4) is 11.4 Å². The number of hydrogen-bond acceptors (Lipinski definition) is 5. The van der Waals surface area contributed by atoms with E-state index in [1.165, 1.54) is 6.39 Å². The quantitative estimate of drug-likeness (QED) is 0.686. The second kappa shape index (κ2) is 7.98. The van der Waals surface area contributed by atoms with E-state index in [0.29, 0.717) is 25.0 Å². The van der Waals surface area contributed by atoms with Crippen LogP contribution in [0.2, 0.25) is 0 Å². The first kappa shape index (κ1) is 18.4. The summed E-state index contributed by atoms with van der Waals surface area (Å²) in [6, 6.07) is 9.74. The number of aliphatic hydroxyl groups excluding tert-OH is 1. The molecule has 1 aliphatic carbocycles. The van der Waals surface area contributed by atoms with Crippen LogP contribution >= 0.6 is 0 Å². The van der Waals surface area contributed by atoms with Gasteiger partial charge in [0.25, 0.3) is 5.91 Å². The normalized spacial score (nSPS) is 21.7. The molecule has 4 rings (SSSR count). The number of aromatic nitrogens is 3. The number of aryl methyl sites for hydroxylation is 1. The average Bonchev–Trinajstić information content (AvgIpc) is 3.43. The first-order chi connectivity index (χ1) is 13.7. The number of carbonyl (C=O) groups is 1. The van der Waals surface area contributed by atoms with Gasteiger partial charge in [-0.25, -0.2) is 9.97 Å². The van der Waals surface area contributed by atoms with Crippen molar-refractivity contribution in [3.05, 3.63) is 60.6 Å². The van der Waals surface area contributed by atoms with Gasteiger partial charge in [0.15, 0.2) is 6.39 Å². The Bertz CT molecular complexity index is 934. The molecule has 1 amide bonds. The van der Waals surface area contributed by atoms with Crippen molar-refractivity contribution in [3.63, 3.8) is 0 Å². The Morgan fingerprint density at radius 3 is 2.89 bits per heavy atom. The molecule has 0 aliphatic heterocycles. The average molecular weight is 380 g/mol. The minimum atomic E-state index is -0.578. The lowest BCUT2D eigenvalue weighted by atomic mass is 10.1. The maximum atomic E-state index is 12.5. The molecule has 28 heavy (non-hydrogen) atoms. The van der Waals surface area contributed by atoms with Gasteiger partial charge in [0.05, 0.1) is 17.8 Å². The van der Waals surface area contributed by atoms with Gasteiger partial charge < -0.3 is 19.4 Å². The first-order valence-corrected chi connectivity index (χ1v) is 9.63. The maximum absolute atomic E-state index is 12.5. The summed E-state index contributed by atoms with van der Waals surface area (Å²) in [7, 11) is 0. The van der Waals surface area contributed by atoms with Crippen LogP contribution in [-0.2, 0) is 13.0 Å². The summed E-state index contributed by atoms with van der Waals surface area (Å²) in [6.45, 7) is 2.67. The molecular formula is C21H24N4O3. The maximum Gasteiger partial charge on any atom is 0.289 e. The minimum absolute atomic E-state index is 0.235. The van der Waals surface area contributed by atoms with Gasteiger partial charge in [0.2, 0.25) is 5.76 Å². The Kier molecular flexibility index (Phi) is 5.25. The van der Waals surface area contributed by atoms with E-state index >= 15 is 0 Å². The highest BCUT2D eigenvalue weighted by Crippen LogP contribution is 2.29. The van der Waals surface area contributed by atoms with Gasteiger partial charge in [-0.3, -0.25) is 4.79 Å². The molecule has 0 bridgehead atoms. The van der Waals surface area contributed by atoms with Crippen molar-refractivity contribution in [1.29, 1.82) is 0 Å². The Morgan fingerprint density at radius 2 is 2.11 bits per heavy atom. The molecule has 2 aromatic heterocycles. The Labute approximate surface area is 163 Å². The molecule has 3 aromatic rings. The third kappa shape index (κ3) is 3.71. The number of benzene rings is 1. The lowest BCUT2D eigenvalue weighted by Gasteiger charge is -2.16. The molecule has 7 heteroatoms. The predicted molar refractivity (Wildman–Crippen MR) is 104 cm³/mol. The topological polar surface area (TPSA) is 93.2 Å². The summed E-state index contributed by atoms with van der Waals surface area (Å²) >= 11 is 0. The minimum Gasteiger partial charge on any atom is -0.438 e. The third-order valence-electron chi connectivity index (χ3n) is 5.33. The van der Waals surface area contributed by atoms with Crippen molar-refractivity contribution >= 4 is 5.91 Å². The van der Waals surface area contributed by atoms with Crippen LogP contribution in [0.1, 0.15) is 36.0 Å². The van der Waals surface area contributed by atoms with E-state index in [9.17, 15) is 9.90 Å². The zero-order valence-electron chi connectivity index (χ0n) is 15.8. The van der Waals surface area contributed by atoms with Crippen LogP contribution in [0.4, 0.5) is 0 Å². The van der Waals surface area contributed by atoms with Gasteiger partial charge in [0.1, 0.15) is 5.82 Å². The Balaban J connectivity index is 1.41. The van der Waals surface area contributed by atoms with E-state index in [1.54, 1.807) is 6.20 Å². The fraction of sp³-hybridized carbons (Fsp3) is 0.381. The number of hydrogen-bond donors (Lipinski definition) is 2. The van der Waals surface area contributed by atoms with Crippen molar-refractivity contribution < 1.29 is 14.3 Å². The summed E-state index contributed by atoms with van der Waals surface area (Å²) in [6.07, 6.45) is 6.42. The molecule has 0 spiro atoms. The highest BCUT2D eigenvalue weighted by molar-refractivity contribution is 5.92. The monoisotopic (exact) mass is 380 g/mol. The molecule has 1 aromatic carbocycles. The third-order valence-corrected chi connectivity index (χ3v) is 5.33. The number of nitrogens with one attached hydrogen (secondary N) is 1. The largest absolute Gasteiger partial charge is 0.438 e. The van der Waals surface area contributed by atoms with Crippen molar-refractivity contribution in [2.24, 2.45) is 5.92 Å². The zero-order chi connectivity index (χ0) is 19.5. The summed E-state index contributed by atoms with van der Waals surface area (Å²) in [5, 5.41) is 13.4. The smallest absolute Gasteiger partial charge is 0.289 e. The molecule has 1 unspecified atom stereocenters. The van der Waals surface area contributed by atoms with Crippen LogP contribution < -0.4 is 5.32 Å². The number of carbonyl (C=O) groups excluding carboxylic acids is 1. The van der Waals surface area contributed by atoms with E-state index in [2.05, 4.69) is 19.9 Å². The number of aliphatic hydroxyl groups is 1. The fourth-order valence-corrected chi connectivity index (χ4v) is 3.94. The van der Waals surface area contributed by atoms with E-state index in [1.807, 2.05) is 43.5 Å². The van der Waals surface area contributed by atoms with Crippen LogP contribution in [0.5, 0.6) is 0 Å². The van der Waals surface area contributed by atoms with Crippen molar-refractivity contribution in [1.82, 2.24) is 19.9 Å². The number of oxazole rings is 1. The van der Waals surface area contributed by atoms with Gasteiger partial charge in [-0.1, -0.05) is 37.3 Å². The zero-order valence-corrected chi connectivity index (χ0v) is 15.8. The van der Waals surface area contributed by atoms with Gasteiger partial charge >= 0.3 is 0 Å². The predicted octanol–water partition coefficient (Wildman–Crippen LogP) is 2.67. The highest BCUT2D eigenvalue weighted by atomic mass is 16.3. The van der Waals surface area contributed by atoms with Crippen LogP contribution in [0, 0.1) is 5.92 Å². The Morgan fingerprint density at radius 1 is 1.29 bits per heavy atom. The molecule has 1 fully saturated rings. The van der Waals surface area contributed by atoms with Crippen LogP contribution in [0.3, 0.4) is 0 Å². The number of nitrogens with zero attached hydrogens (tertiary/aromatic N) is 3. The highest BCUT2D eigenvalue weighted by Gasteiger charge is 2.35. The standard InChI is InChI=1S/C21H24N4O3/c1-2-16-19(28-13-23-16)21(27)24-17-10-14(11-18(17)26)12-25-9-8-22-20(25)15-6-4-3-5-7-15/h3-9,13-14,17-18,26H,2,10-12H2,1H3,(H,24,27)/t14?,17-,18-/m1/s1. The lowest BCUT2D eigenvalue weighted by Crippen LogP contribution is -2.40. The fourth-order valence-electron chi connectivity index (χ4n) is 3.94. The van der Waals surface area contributed by atoms with Crippen molar-refractivity contribution in [2.45, 2.75) is 44.9 Å². The van der Waals surface area contributed by atoms with Gasteiger partial charge in [-0.2, -0.15) is 0 Å². The number of rotatable bonds is 6. The molecule has 146 valence electrons. The molecule has 7 nitrogen and oxygen atoms in total. The number of amides is 1. The summed E-state index contributed by atoms with van der Waals surface area (Å²) in [5.41, 5.74) is 1.70. The van der Waals surface area contributed by atoms with Crippen LogP contribution in [-0.4, -0.2) is 37.7 Å². The van der Waals surface area contributed by atoms with Crippen LogP contribution in [0.15, 0.2) is 53.5 Å². The molecular weight excluding hydrogens is 356 g/mol. The second-order valence-corrected chi connectivity index (χ2v) is 7.24. The molecule has 0 saturated heterocycles. The molecule has 0 radical (unpaired) electrons. The molecule has 1 saturated carbocycles. The summed E-state index contributed by atoms with van der Waals surface area (Å²) in [5.74, 6) is 1.08. The van der Waals surface area contributed by atoms with E-state index in [-0.39, 0.29) is 23.6 Å². The van der Waals surface area contributed by atoms with E-state index < -0.39 is 6.10 Å². The van der Waals surface area contributed by atoms with Gasteiger partial charge in [-0.15, -0.1) is 0 Å². The van der Waals surface area contributed by atoms with Crippen LogP contribution in [0.25, 0.3) is 11.4 Å². The molecule has 3 atom stereocenters. The SMILES string of the molecule is CCc1ncoc1C(=O)N[C@@H]1CC(Cn2ccnc2-c2ccccc2)C[C@H]1O. The summed E-state index contributed by atoms with van der Waals surface area (Å²) < 4.78 is 7.34. The van der Waals surface area contributed by atoms with Crippen molar-refractivity contribution in [2.75, 3.05) is 0 Å². The first-order valence-electron chi connectivity index (χ1n) is 9.63. The lowest BCUT2D eigenvalue weighted by molar-refractivity contribution is 0.0845. The number of imidazole rings is 1. The van der Waals surface area contributed by atoms with Gasteiger partial charge in [-0.05, 0) is 25.2 Å².